The molecule has 1 aromatic carbocycles. The van der Waals surface area contributed by atoms with E-state index in [0.717, 1.165) is 38.0 Å². The monoisotopic (exact) mass is 329 g/mol. The van der Waals surface area contributed by atoms with E-state index < -0.39 is 0 Å². The lowest BCUT2D eigenvalue weighted by atomic mass is 9.79. The molecule has 3 unspecified atom stereocenters. The molecule has 21 heavy (non-hydrogen) atoms. The van der Waals surface area contributed by atoms with E-state index in [1.165, 1.54) is 0 Å². The van der Waals surface area contributed by atoms with Gasteiger partial charge >= 0.3 is 0 Å². The fourth-order valence-corrected chi connectivity index (χ4v) is 3.98. The van der Waals surface area contributed by atoms with Gasteiger partial charge in [-0.3, -0.25) is 0 Å². The zero-order valence-electron chi connectivity index (χ0n) is 12.0. The van der Waals surface area contributed by atoms with Gasteiger partial charge in [-0.2, -0.15) is 0 Å². The van der Waals surface area contributed by atoms with Crippen molar-refractivity contribution in [3.63, 3.8) is 0 Å². The predicted octanol–water partition coefficient (Wildman–Crippen LogP) is 3.45. The van der Waals surface area contributed by atoms with Gasteiger partial charge in [-0.1, -0.05) is 29.3 Å². The van der Waals surface area contributed by atoms with Gasteiger partial charge in [0.15, 0.2) is 0 Å². The van der Waals surface area contributed by atoms with Crippen LogP contribution in [0.25, 0.3) is 0 Å². The van der Waals surface area contributed by atoms with Crippen LogP contribution in [0.4, 0.5) is 0 Å². The third-order valence-corrected chi connectivity index (χ3v) is 5.41. The Kier molecular flexibility index (Phi) is 4.77. The molecule has 0 saturated carbocycles. The number of halogens is 2. The number of ether oxygens (including phenoxy) is 2. The van der Waals surface area contributed by atoms with Crippen LogP contribution < -0.4 is 5.73 Å². The highest BCUT2D eigenvalue weighted by molar-refractivity contribution is 6.36. The number of benzene rings is 1. The first-order chi connectivity index (χ1) is 10.1. The lowest BCUT2D eigenvalue weighted by molar-refractivity contribution is -0.101. The Balaban J connectivity index is 1.69. The van der Waals surface area contributed by atoms with Crippen LogP contribution in [-0.4, -0.2) is 31.5 Å². The van der Waals surface area contributed by atoms with Gasteiger partial charge in [0.1, 0.15) is 0 Å². The molecule has 0 aliphatic carbocycles. The molecule has 3 rings (SSSR count). The molecule has 0 bridgehead atoms. The maximum Gasteiger partial charge on any atom is 0.0939 e. The van der Waals surface area contributed by atoms with Gasteiger partial charge in [0.05, 0.1) is 12.2 Å². The van der Waals surface area contributed by atoms with Crippen molar-refractivity contribution in [2.75, 3.05) is 19.8 Å². The Labute approximate surface area is 135 Å². The summed E-state index contributed by atoms with van der Waals surface area (Å²) in [6, 6.07) is 5.64. The van der Waals surface area contributed by atoms with Gasteiger partial charge in [-0.05, 0) is 42.9 Å². The average molecular weight is 330 g/mol. The van der Waals surface area contributed by atoms with E-state index in [0.29, 0.717) is 29.0 Å². The summed E-state index contributed by atoms with van der Waals surface area (Å²) in [4.78, 5) is 0. The minimum Gasteiger partial charge on any atom is -0.378 e. The molecule has 5 heteroatoms. The molecule has 2 aliphatic heterocycles. The lowest BCUT2D eigenvalue weighted by Crippen LogP contribution is -2.46. The topological polar surface area (TPSA) is 44.5 Å². The van der Waals surface area contributed by atoms with E-state index in [2.05, 4.69) is 0 Å². The summed E-state index contributed by atoms with van der Waals surface area (Å²) in [5.74, 6) is 0.424. The second-order valence-electron chi connectivity index (χ2n) is 6.16. The first-order valence-corrected chi connectivity index (χ1v) is 8.25. The van der Waals surface area contributed by atoms with Crippen molar-refractivity contribution >= 4 is 23.2 Å². The summed E-state index contributed by atoms with van der Waals surface area (Å²) in [5, 5.41) is 1.40. The van der Waals surface area contributed by atoms with E-state index in [-0.39, 0.29) is 11.6 Å². The minimum absolute atomic E-state index is 0.0452. The summed E-state index contributed by atoms with van der Waals surface area (Å²) in [6.07, 6.45) is 3.64. The molecule has 3 nitrogen and oxygen atoms in total. The zero-order chi connectivity index (χ0) is 14.9. The quantitative estimate of drug-likeness (QED) is 0.923. The molecular formula is C16H21Cl2NO2. The fraction of sp³-hybridized carbons (Fsp3) is 0.625. The highest BCUT2D eigenvalue weighted by Crippen LogP contribution is 2.38. The standard InChI is InChI=1S/C16H21Cl2NO2/c17-13-2-1-3-14(18)12(13)8-15(19)11-4-6-21-16(9-11)5-7-20-10-16/h1-3,11,15H,4-10,19H2. The molecule has 2 fully saturated rings. The number of hydrogen-bond donors (Lipinski definition) is 1. The number of hydrogen-bond acceptors (Lipinski definition) is 3. The Morgan fingerprint density at radius 1 is 1.29 bits per heavy atom. The molecule has 0 radical (unpaired) electrons. The van der Waals surface area contributed by atoms with Crippen molar-refractivity contribution in [3.05, 3.63) is 33.8 Å². The van der Waals surface area contributed by atoms with Gasteiger partial charge in [-0.15, -0.1) is 0 Å². The molecule has 2 N–H and O–H groups in total. The maximum atomic E-state index is 6.46. The van der Waals surface area contributed by atoms with Gasteiger partial charge < -0.3 is 15.2 Å². The number of nitrogens with two attached hydrogens (primary N) is 1. The van der Waals surface area contributed by atoms with Crippen molar-refractivity contribution in [3.8, 4) is 0 Å². The molecule has 2 heterocycles. The zero-order valence-corrected chi connectivity index (χ0v) is 13.5. The first-order valence-electron chi connectivity index (χ1n) is 7.50. The fourth-order valence-electron chi connectivity index (χ4n) is 3.42. The van der Waals surface area contributed by atoms with E-state index >= 15 is 0 Å². The second kappa shape index (κ2) is 6.43. The highest BCUT2D eigenvalue weighted by atomic mass is 35.5. The van der Waals surface area contributed by atoms with Crippen molar-refractivity contribution in [2.45, 2.75) is 37.3 Å². The van der Waals surface area contributed by atoms with Crippen LogP contribution in [0.5, 0.6) is 0 Å². The lowest BCUT2D eigenvalue weighted by Gasteiger charge is -2.39. The Hall–Kier alpha value is -0.320. The molecule has 1 aromatic rings. The Morgan fingerprint density at radius 3 is 2.71 bits per heavy atom. The normalized spacial score (nSPS) is 30.7. The molecule has 0 aromatic heterocycles. The minimum atomic E-state index is -0.106. The van der Waals surface area contributed by atoms with Crippen LogP contribution in [0.3, 0.4) is 0 Å². The van der Waals surface area contributed by atoms with Crippen LogP contribution in [0, 0.1) is 5.92 Å². The van der Waals surface area contributed by atoms with E-state index in [1.807, 2.05) is 18.2 Å². The largest absolute Gasteiger partial charge is 0.378 e. The average Bonchev–Trinajstić information content (AvgIpc) is 2.91. The van der Waals surface area contributed by atoms with Gasteiger partial charge in [0, 0.05) is 35.7 Å². The van der Waals surface area contributed by atoms with Crippen LogP contribution in [0.15, 0.2) is 18.2 Å². The van der Waals surface area contributed by atoms with Gasteiger partial charge in [-0.25, -0.2) is 0 Å². The predicted molar refractivity (Wildman–Crippen MR) is 85.0 cm³/mol. The second-order valence-corrected chi connectivity index (χ2v) is 6.97. The van der Waals surface area contributed by atoms with Crippen molar-refractivity contribution in [1.82, 2.24) is 0 Å². The first kappa shape index (κ1) is 15.6. The van der Waals surface area contributed by atoms with Crippen molar-refractivity contribution < 1.29 is 9.47 Å². The molecule has 2 aliphatic rings. The van der Waals surface area contributed by atoms with E-state index in [4.69, 9.17) is 38.4 Å². The summed E-state index contributed by atoms with van der Waals surface area (Å²) < 4.78 is 11.5. The summed E-state index contributed by atoms with van der Waals surface area (Å²) in [7, 11) is 0. The van der Waals surface area contributed by atoms with Crippen LogP contribution in [0.2, 0.25) is 10.0 Å². The molecule has 1 spiro atoms. The molecule has 0 amide bonds. The molecule has 2 saturated heterocycles. The van der Waals surface area contributed by atoms with Gasteiger partial charge in [0.2, 0.25) is 0 Å². The molecule has 116 valence electrons. The van der Waals surface area contributed by atoms with Crippen LogP contribution in [-0.2, 0) is 15.9 Å². The highest BCUT2D eigenvalue weighted by Gasteiger charge is 2.42. The summed E-state index contributed by atoms with van der Waals surface area (Å²) in [6.45, 7) is 2.25. The Bertz CT molecular complexity index is 483. The van der Waals surface area contributed by atoms with Gasteiger partial charge in [0.25, 0.3) is 0 Å². The third kappa shape index (κ3) is 3.38. The van der Waals surface area contributed by atoms with Crippen LogP contribution >= 0.6 is 23.2 Å². The maximum absolute atomic E-state index is 6.46. The number of rotatable bonds is 3. The SMILES string of the molecule is NC(Cc1c(Cl)cccc1Cl)C1CCOC2(CCOC2)C1. The molecule has 3 atom stereocenters. The summed E-state index contributed by atoms with van der Waals surface area (Å²) >= 11 is 12.5. The Morgan fingerprint density at radius 2 is 2.05 bits per heavy atom. The van der Waals surface area contributed by atoms with Crippen molar-refractivity contribution in [2.24, 2.45) is 11.7 Å². The summed E-state index contributed by atoms with van der Waals surface area (Å²) in [5.41, 5.74) is 7.30. The molecular weight excluding hydrogens is 309 g/mol. The van der Waals surface area contributed by atoms with E-state index in [1.54, 1.807) is 0 Å². The van der Waals surface area contributed by atoms with Crippen LogP contribution in [0.1, 0.15) is 24.8 Å². The third-order valence-electron chi connectivity index (χ3n) is 4.71. The smallest absolute Gasteiger partial charge is 0.0939 e. The van der Waals surface area contributed by atoms with Crippen molar-refractivity contribution in [1.29, 1.82) is 0 Å². The van der Waals surface area contributed by atoms with E-state index in [9.17, 15) is 0 Å².